The van der Waals surface area contributed by atoms with E-state index in [1.165, 1.54) is 0 Å². The number of nitrogens with one attached hydrogen (secondary N) is 1. The smallest absolute Gasteiger partial charge is 0.223 e. The molecule has 5 heteroatoms. The molecule has 21 heavy (non-hydrogen) atoms. The molecule has 1 amide bonds. The van der Waals surface area contributed by atoms with E-state index in [2.05, 4.69) is 15.3 Å². The van der Waals surface area contributed by atoms with Crippen LogP contribution in [0.15, 0.2) is 0 Å². The van der Waals surface area contributed by atoms with Crippen LogP contribution < -0.4 is 5.32 Å². The first kappa shape index (κ1) is 15.9. The molecule has 5 nitrogen and oxygen atoms in total. The molecule has 0 saturated heterocycles. The molecule has 1 aromatic heterocycles. The van der Waals surface area contributed by atoms with Crippen LogP contribution in [0, 0.1) is 26.7 Å². The molecule has 1 N–H and O–H groups in total. The quantitative estimate of drug-likeness (QED) is 0.924. The van der Waals surface area contributed by atoms with Crippen molar-refractivity contribution in [2.45, 2.75) is 59.1 Å². The van der Waals surface area contributed by atoms with Crippen molar-refractivity contribution in [1.29, 1.82) is 0 Å². The number of aryl methyl sites for hydroxylation is 3. The van der Waals surface area contributed by atoms with Crippen LogP contribution in [-0.4, -0.2) is 29.1 Å². The zero-order valence-electron chi connectivity index (χ0n) is 13.4. The fourth-order valence-corrected chi connectivity index (χ4v) is 3.04. The Balaban J connectivity index is 1.90. The van der Waals surface area contributed by atoms with E-state index in [4.69, 9.17) is 4.74 Å². The highest BCUT2D eigenvalue weighted by atomic mass is 16.5. The molecule has 1 aliphatic rings. The normalized spacial score (nSPS) is 22.1. The van der Waals surface area contributed by atoms with Gasteiger partial charge in [0.15, 0.2) is 0 Å². The summed E-state index contributed by atoms with van der Waals surface area (Å²) in [6.45, 7) is 6.33. The van der Waals surface area contributed by atoms with Gasteiger partial charge in [0.25, 0.3) is 0 Å². The van der Waals surface area contributed by atoms with Crippen molar-refractivity contribution < 1.29 is 9.53 Å². The molecular weight excluding hydrogens is 266 g/mol. The number of carbonyl (C=O) groups is 1. The molecule has 1 heterocycles. The van der Waals surface area contributed by atoms with Gasteiger partial charge in [0.1, 0.15) is 5.82 Å². The number of aromatic nitrogens is 2. The minimum Gasteiger partial charge on any atom is -0.381 e. The second kappa shape index (κ2) is 6.98. The Kier molecular flexibility index (Phi) is 5.28. The van der Waals surface area contributed by atoms with E-state index in [0.717, 1.165) is 48.5 Å². The van der Waals surface area contributed by atoms with Gasteiger partial charge in [0.05, 0.1) is 6.10 Å². The molecule has 0 aliphatic heterocycles. The van der Waals surface area contributed by atoms with Gasteiger partial charge >= 0.3 is 0 Å². The van der Waals surface area contributed by atoms with Crippen LogP contribution in [0.2, 0.25) is 0 Å². The maximum atomic E-state index is 12.3. The zero-order chi connectivity index (χ0) is 15.4. The molecule has 0 atom stereocenters. The fraction of sp³-hybridized carbons (Fsp3) is 0.688. The summed E-state index contributed by atoms with van der Waals surface area (Å²) in [6.07, 6.45) is 4.09. The SMILES string of the molecule is COC1CCC(C(=O)NCc2c(C)nc(C)nc2C)CC1. The maximum Gasteiger partial charge on any atom is 0.223 e. The Bertz CT molecular complexity index is 485. The Labute approximate surface area is 126 Å². The largest absolute Gasteiger partial charge is 0.381 e. The van der Waals surface area contributed by atoms with Crippen molar-refractivity contribution >= 4 is 5.91 Å². The lowest BCUT2D eigenvalue weighted by Gasteiger charge is -2.26. The van der Waals surface area contributed by atoms with Crippen LogP contribution >= 0.6 is 0 Å². The molecule has 2 rings (SSSR count). The van der Waals surface area contributed by atoms with Crippen molar-refractivity contribution in [2.24, 2.45) is 5.92 Å². The highest BCUT2D eigenvalue weighted by Crippen LogP contribution is 2.26. The Hall–Kier alpha value is -1.49. The van der Waals surface area contributed by atoms with E-state index in [9.17, 15) is 4.79 Å². The van der Waals surface area contributed by atoms with Crippen LogP contribution in [0.1, 0.15) is 48.5 Å². The standard InChI is InChI=1S/C16H25N3O2/c1-10-15(11(2)19-12(3)18-10)9-17-16(20)13-5-7-14(21-4)8-6-13/h13-14H,5-9H2,1-4H3,(H,17,20). The molecule has 116 valence electrons. The third-order valence-corrected chi connectivity index (χ3v) is 4.35. The third-order valence-electron chi connectivity index (χ3n) is 4.35. The van der Waals surface area contributed by atoms with E-state index in [1.807, 2.05) is 20.8 Å². The van der Waals surface area contributed by atoms with E-state index >= 15 is 0 Å². The molecule has 0 unspecified atom stereocenters. The van der Waals surface area contributed by atoms with E-state index in [1.54, 1.807) is 7.11 Å². The molecule has 1 aliphatic carbocycles. The molecule has 0 aromatic carbocycles. The summed E-state index contributed by atoms with van der Waals surface area (Å²) in [7, 11) is 1.74. The lowest BCUT2D eigenvalue weighted by atomic mass is 9.87. The number of ether oxygens (including phenoxy) is 1. The van der Waals surface area contributed by atoms with Gasteiger partial charge < -0.3 is 10.1 Å². The second-order valence-corrected chi connectivity index (χ2v) is 5.85. The number of rotatable bonds is 4. The van der Waals surface area contributed by atoms with Gasteiger partial charge in [-0.25, -0.2) is 9.97 Å². The number of amides is 1. The monoisotopic (exact) mass is 291 g/mol. The van der Waals surface area contributed by atoms with Gasteiger partial charge in [-0.1, -0.05) is 0 Å². The predicted octanol–water partition coefficient (Wildman–Crippen LogP) is 2.22. The number of hydrogen-bond acceptors (Lipinski definition) is 4. The number of nitrogens with zero attached hydrogens (tertiary/aromatic N) is 2. The van der Waals surface area contributed by atoms with Crippen molar-refractivity contribution in [3.63, 3.8) is 0 Å². The summed E-state index contributed by atoms with van der Waals surface area (Å²) in [5.74, 6) is 1.03. The number of hydrogen-bond donors (Lipinski definition) is 1. The van der Waals surface area contributed by atoms with E-state index < -0.39 is 0 Å². The van der Waals surface area contributed by atoms with Crippen molar-refractivity contribution in [3.8, 4) is 0 Å². The van der Waals surface area contributed by atoms with Gasteiger partial charge in [-0.3, -0.25) is 4.79 Å². The van der Waals surface area contributed by atoms with Crippen molar-refractivity contribution in [3.05, 3.63) is 22.8 Å². The lowest BCUT2D eigenvalue weighted by Crippen LogP contribution is -2.34. The first-order valence-corrected chi connectivity index (χ1v) is 7.62. The average molecular weight is 291 g/mol. The van der Waals surface area contributed by atoms with Gasteiger partial charge in [-0.15, -0.1) is 0 Å². The molecular formula is C16H25N3O2. The maximum absolute atomic E-state index is 12.3. The molecule has 0 spiro atoms. The third kappa shape index (κ3) is 4.00. The lowest BCUT2D eigenvalue weighted by molar-refractivity contribution is -0.126. The topological polar surface area (TPSA) is 64.1 Å². The van der Waals surface area contributed by atoms with Crippen LogP contribution in [0.3, 0.4) is 0 Å². The van der Waals surface area contributed by atoms with E-state index in [-0.39, 0.29) is 11.8 Å². The first-order valence-electron chi connectivity index (χ1n) is 7.62. The molecule has 1 aromatic rings. The summed E-state index contributed by atoms with van der Waals surface area (Å²) >= 11 is 0. The first-order chi connectivity index (χ1) is 10.0. The van der Waals surface area contributed by atoms with E-state index in [0.29, 0.717) is 12.6 Å². The van der Waals surface area contributed by atoms with Gasteiger partial charge in [-0.2, -0.15) is 0 Å². The second-order valence-electron chi connectivity index (χ2n) is 5.85. The molecule has 0 bridgehead atoms. The summed E-state index contributed by atoms with van der Waals surface area (Å²) in [4.78, 5) is 21.0. The van der Waals surface area contributed by atoms with Crippen molar-refractivity contribution in [2.75, 3.05) is 7.11 Å². The fourth-order valence-electron chi connectivity index (χ4n) is 3.04. The zero-order valence-corrected chi connectivity index (χ0v) is 13.4. The molecule has 0 radical (unpaired) electrons. The van der Waals surface area contributed by atoms with Gasteiger partial charge in [0, 0.05) is 36.5 Å². The summed E-state index contributed by atoms with van der Waals surface area (Å²) in [5.41, 5.74) is 2.92. The number of methoxy groups -OCH3 is 1. The molecule has 1 fully saturated rings. The summed E-state index contributed by atoms with van der Waals surface area (Å²) < 4.78 is 5.34. The van der Waals surface area contributed by atoms with Crippen LogP contribution in [0.4, 0.5) is 0 Å². The predicted molar refractivity (Wildman–Crippen MR) is 80.8 cm³/mol. The van der Waals surface area contributed by atoms with Gasteiger partial charge in [-0.05, 0) is 46.5 Å². The van der Waals surface area contributed by atoms with Crippen LogP contribution in [0.25, 0.3) is 0 Å². The Morgan fingerprint density at radius 3 is 2.24 bits per heavy atom. The highest BCUT2D eigenvalue weighted by molar-refractivity contribution is 5.78. The summed E-state index contributed by atoms with van der Waals surface area (Å²) in [6, 6.07) is 0. The minimum absolute atomic E-state index is 0.114. The summed E-state index contributed by atoms with van der Waals surface area (Å²) in [5, 5.41) is 3.04. The highest BCUT2D eigenvalue weighted by Gasteiger charge is 2.26. The number of carbonyl (C=O) groups excluding carboxylic acids is 1. The minimum atomic E-state index is 0.114. The van der Waals surface area contributed by atoms with Crippen LogP contribution in [0.5, 0.6) is 0 Å². The van der Waals surface area contributed by atoms with Crippen LogP contribution in [-0.2, 0) is 16.1 Å². The van der Waals surface area contributed by atoms with Gasteiger partial charge in [0.2, 0.25) is 5.91 Å². The Morgan fingerprint density at radius 2 is 1.71 bits per heavy atom. The van der Waals surface area contributed by atoms with Crippen molar-refractivity contribution in [1.82, 2.24) is 15.3 Å². The average Bonchev–Trinajstić information content (AvgIpc) is 2.46. The Morgan fingerprint density at radius 1 is 1.14 bits per heavy atom. The molecule has 1 saturated carbocycles.